The molecule has 0 spiro atoms. The molecule has 4 heteroatoms. The minimum atomic E-state index is 0.533. The van der Waals surface area contributed by atoms with Crippen LogP contribution in [0.2, 0.25) is 0 Å². The van der Waals surface area contributed by atoms with E-state index in [0.29, 0.717) is 12.2 Å². The van der Waals surface area contributed by atoms with E-state index >= 15 is 0 Å². The van der Waals surface area contributed by atoms with Gasteiger partial charge in [-0.05, 0) is 35.7 Å². The number of aromatic nitrogens is 2. The van der Waals surface area contributed by atoms with Crippen molar-refractivity contribution in [3.63, 3.8) is 0 Å². The molecular formula is C17H16BrN3. The maximum absolute atomic E-state index is 6.08. The van der Waals surface area contributed by atoms with Crippen molar-refractivity contribution in [2.45, 2.75) is 19.8 Å². The summed E-state index contributed by atoms with van der Waals surface area (Å²) >= 11 is 3.45. The quantitative estimate of drug-likeness (QED) is 0.779. The smallest absolute Gasteiger partial charge is 0.135 e. The molecule has 0 unspecified atom stereocenters. The van der Waals surface area contributed by atoms with Crippen LogP contribution in [-0.2, 0) is 12.8 Å². The van der Waals surface area contributed by atoms with E-state index in [1.807, 2.05) is 18.2 Å². The topological polar surface area (TPSA) is 51.8 Å². The van der Waals surface area contributed by atoms with Crippen LogP contribution in [0.1, 0.15) is 23.9 Å². The van der Waals surface area contributed by atoms with Gasteiger partial charge >= 0.3 is 0 Å². The molecule has 1 heterocycles. The number of fused-ring (bicyclic) bond motifs is 1. The van der Waals surface area contributed by atoms with Crippen LogP contribution >= 0.6 is 15.9 Å². The molecule has 21 heavy (non-hydrogen) atoms. The van der Waals surface area contributed by atoms with Crippen molar-refractivity contribution in [3.05, 3.63) is 63.9 Å². The van der Waals surface area contributed by atoms with Gasteiger partial charge in [-0.15, -0.1) is 0 Å². The minimum Gasteiger partial charge on any atom is -0.383 e. The van der Waals surface area contributed by atoms with Gasteiger partial charge in [-0.25, -0.2) is 9.97 Å². The average molecular weight is 342 g/mol. The Kier molecular flexibility index (Phi) is 3.88. The molecule has 0 aliphatic rings. The van der Waals surface area contributed by atoms with Crippen LogP contribution in [0.15, 0.2) is 46.9 Å². The maximum Gasteiger partial charge on any atom is 0.135 e. The largest absolute Gasteiger partial charge is 0.383 e. The number of nitrogens with zero attached hydrogens (tertiary/aromatic N) is 2. The summed E-state index contributed by atoms with van der Waals surface area (Å²) in [6.07, 6.45) is 1.71. The Hall–Kier alpha value is -1.94. The second kappa shape index (κ2) is 5.82. The predicted molar refractivity (Wildman–Crippen MR) is 90.3 cm³/mol. The fraction of sp³-hybridized carbons (Fsp3) is 0.176. The number of hydrogen-bond donors (Lipinski definition) is 1. The number of nitrogens with two attached hydrogens (primary N) is 1. The Morgan fingerprint density at radius 3 is 2.57 bits per heavy atom. The molecule has 0 bridgehead atoms. The zero-order chi connectivity index (χ0) is 14.8. The fourth-order valence-electron chi connectivity index (χ4n) is 2.50. The van der Waals surface area contributed by atoms with Crippen LogP contribution in [0.4, 0.5) is 5.82 Å². The van der Waals surface area contributed by atoms with Gasteiger partial charge in [0.2, 0.25) is 0 Å². The normalized spacial score (nSPS) is 11.0. The van der Waals surface area contributed by atoms with Gasteiger partial charge in [0.05, 0.1) is 5.52 Å². The Morgan fingerprint density at radius 1 is 1.05 bits per heavy atom. The molecule has 0 atom stereocenters. The first kappa shape index (κ1) is 14.0. The first-order valence-electron chi connectivity index (χ1n) is 6.96. The van der Waals surface area contributed by atoms with Gasteiger partial charge in [-0.3, -0.25) is 0 Å². The first-order chi connectivity index (χ1) is 10.2. The van der Waals surface area contributed by atoms with E-state index in [1.165, 1.54) is 11.1 Å². The van der Waals surface area contributed by atoms with E-state index in [2.05, 4.69) is 57.1 Å². The van der Waals surface area contributed by atoms with Crippen LogP contribution in [0.3, 0.4) is 0 Å². The molecule has 1 aromatic heterocycles. The molecule has 0 aliphatic carbocycles. The van der Waals surface area contributed by atoms with Crippen LogP contribution in [-0.4, -0.2) is 9.97 Å². The van der Waals surface area contributed by atoms with Gasteiger partial charge in [-0.1, -0.05) is 47.1 Å². The number of aryl methyl sites for hydroxylation is 1. The van der Waals surface area contributed by atoms with E-state index in [-0.39, 0.29) is 0 Å². The number of hydrogen-bond acceptors (Lipinski definition) is 3. The van der Waals surface area contributed by atoms with Crippen LogP contribution in [0, 0.1) is 0 Å². The lowest BCUT2D eigenvalue weighted by Gasteiger charge is -2.09. The molecule has 0 amide bonds. The SMILES string of the molecule is CCc1ccccc1Cc1nc(N)c2cc(Br)ccc2n1. The summed E-state index contributed by atoms with van der Waals surface area (Å²) in [7, 11) is 0. The van der Waals surface area contributed by atoms with E-state index in [1.54, 1.807) is 0 Å². The molecule has 0 fully saturated rings. The number of halogens is 1. The van der Waals surface area contributed by atoms with Gasteiger partial charge in [0.25, 0.3) is 0 Å². The van der Waals surface area contributed by atoms with Crippen molar-refractivity contribution in [1.29, 1.82) is 0 Å². The molecule has 3 nitrogen and oxygen atoms in total. The maximum atomic E-state index is 6.08. The van der Waals surface area contributed by atoms with Gasteiger partial charge in [0.15, 0.2) is 0 Å². The van der Waals surface area contributed by atoms with Crippen molar-refractivity contribution in [2.24, 2.45) is 0 Å². The van der Waals surface area contributed by atoms with E-state index in [4.69, 9.17) is 5.73 Å². The molecule has 2 N–H and O–H groups in total. The highest BCUT2D eigenvalue weighted by molar-refractivity contribution is 9.10. The van der Waals surface area contributed by atoms with Crippen molar-refractivity contribution in [3.8, 4) is 0 Å². The lowest BCUT2D eigenvalue weighted by Crippen LogP contribution is -2.03. The molecular weight excluding hydrogens is 326 g/mol. The summed E-state index contributed by atoms with van der Waals surface area (Å²) in [5.41, 5.74) is 9.55. The Labute approximate surface area is 132 Å². The second-order valence-electron chi connectivity index (χ2n) is 4.99. The summed E-state index contributed by atoms with van der Waals surface area (Å²) < 4.78 is 0.981. The summed E-state index contributed by atoms with van der Waals surface area (Å²) in [5, 5.41) is 0.886. The third kappa shape index (κ3) is 2.90. The third-order valence-electron chi connectivity index (χ3n) is 3.58. The second-order valence-corrected chi connectivity index (χ2v) is 5.90. The zero-order valence-corrected chi connectivity index (χ0v) is 13.4. The highest BCUT2D eigenvalue weighted by Crippen LogP contribution is 2.23. The van der Waals surface area contributed by atoms with E-state index in [9.17, 15) is 0 Å². The lowest BCUT2D eigenvalue weighted by atomic mass is 10.0. The van der Waals surface area contributed by atoms with Crippen molar-refractivity contribution in [1.82, 2.24) is 9.97 Å². The van der Waals surface area contributed by atoms with E-state index < -0.39 is 0 Å². The molecule has 0 saturated carbocycles. The van der Waals surface area contributed by atoms with Crippen molar-refractivity contribution >= 4 is 32.7 Å². The standard InChI is InChI=1S/C17H16BrN3/c1-2-11-5-3-4-6-12(11)9-16-20-15-8-7-13(18)10-14(15)17(19)21-16/h3-8,10H,2,9H2,1H3,(H2,19,20,21). The van der Waals surface area contributed by atoms with Crippen molar-refractivity contribution in [2.75, 3.05) is 5.73 Å². The molecule has 0 aliphatic heterocycles. The average Bonchev–Trinajstić information content (AvgIpc) is 2.49. The molecule has 2 aromatic carbocycles. The van der Waals surface area contributed by atoms with Crippen LogP contribution < -0.4 is 5.73 Å². The number of rotatable bonds is 3. The highest BCUT2D eigenvalue weighted by Gasteiger charge is 2.08. The van der Waals surface area contributed by atoms with Crippen LogP contribution in [0.5, 0.6) is 0 Å². The lowest BCUT2D eigenvalue weighted by molar-refractivity contribution is 0.969. The number of nitrogen functional groups attached to an aromatic ring is 1. The summed E-state index contributed by atoms with van der Waals surface area (Å²) in [5.74, 6) is 1.30. The highest BCUT2D eigenvalue weighted by atomic mass is 79.9. The number of benzene rings is 2. The summed E-state index contributed by atoms with van der Waals surface area (Å²) in [4.78, 5) is 9.09. The molecule has 0 saturated heterocycles. The third-order valence-corrected chi connectivity index (χ3v) is 4.07. The Balaban J connectivity index is 2.03. The monoisotopic (exact) mass is 341 g/mol. The fourth-order valence-corrected chi connectivity index (χ4v) is 2.86. The molecule has 3 rings (SSSR count). The molecule has 106 valence electrons. The summed E-state index contributed by atoms with van der Waals surface area (Å²) in [6.45, 7) is 2.16. The molecule has 3 aromatic rings. The van der Waals surface area contributed by atoms with Gasteiger partial charge < -0.3 is 5.73 Å². The van der Waals surface area contributed by atoms with Gasteiger partial charge in [-0.2, -0.15) is 0 Å². The Bertz CT molecular complexity index is 799. The van der Waals surface area contributed by atoms with Gasteiger partial charge in [0.1, 0.15) is 11.6 Å². The van der Waals surface area contributed by atoms with E-state index in [0.717, 1.165) is 27.6 Å². The Morgan fingerprint density at radius 2 is 1.81 bits per heavy atom. The predicted octanol–water partition coefficient (Wildman–Crippen LogP) is 4.13. The number of anilines is 1. The van der Waals surface area contributed by atoms with Crippen LogP contribution in [0.25, 0.3) is 10.9 Å². The van der Waals surface area contributed by atoms with Crippen molar-refractivity contribution < 1.29 is 0 Å². The van der Waals surface area contributed by atoms with Gasteiger partial charge in [0, 0.05) is 16.3 Å². The summed E-state index contributed by atoms with van der Waals surface area (Å²) in [6, 6.07) is 14.3. The molecule has 0 radical (unpaired) electrons. The zero-order valence-electron chi connectivity index (χ0n) is 11.8. The minimum absolute atomic E-state index is 0.533. The first-order valence-corrected chi connectivity index (χ1v) is 7.75.